The molecule has 1 spiro atoms. The SMILES string of the molecule is N=C(NC1NC=C(c2ccccc2)C=C1c1ccccc1)c1cccc(-c2ccc3c(c2)-c2ccccc2C32c3ccccc3Oc3ccccc32)c1. The van der Waals surface area contributed by atoms with Crippen LogP contribution in [0, 0.1) is 5.41 Å². The van der Waals surface area contributed by atoms with Crippen LogP contribution in [-0.2, 0) is 5.41 Å². The molecule has 0 aromatic heterocycles. The van der Waals surface area contributed by atoms with Gasteiger partial charge in [0.2, 0.25) is 0 Å². The molecule has 4 nitrogen and oxygen atoms in total. The van der Waals surface area contributed by atoms with Crippen molar-refractivity contribution >= 4 is 17.0 Å². The highest BCUT2D eigenvalue weighted by atomic mass is 16.5. The summed E-state index contributed by atoms with van der Waals surface area (Å²) in [5.41, 5.74) is 14.2. The first-order valence-corrected chi connectivity index (χ1v) is 18.0. The lowest BCUT2D eigenvalue weighted by Crippen LogP contribution is -2.45. The van der Waals surface area contributed by atoms with Gasteiger partial charge in [-0.25, -0.2) is 0 Å². The van der Waals surface area contributed by atoms with Crippen LogP contribution < -0.4 is 15.4 Å². The fraction of sp³-hybridized carbons (Fsp3) is 0.0408. The number of nitrogens with one attached hydrogen (secondary N) is 3. The number of dihydropyridines is 1. The summed E-state index contributed by atoms with van der Waals surface area (Å²) in [4.78, 5) is 0. The van der Waals surface area contributed by atoms with Gasteiger partial charge in [0, 0.05) is 28.5 Å². The maximum atomic E-state index is 9.27. The molecule has 0 bridgehead atoms. The van der Waals surface area contributed by atoms with Crippen molar-refractivity contribution in [3.63, 3.8) is 0 Å². The van der Waals surface area contributed by atoms with Crippen LogP contribution in [0.2, 0.25) is 0 Å². The monoisotopic (exact) mass is 681 g/mol. The Labute approximate surface area is 309 Å². The standard InChI is InChI=1S/C49H35N3O/c50-47(52-48-39(33-16-5-2-6-17-33)30-37(31-51-48)32-14-3-1-4-15-32)36-19-13-18-34(28-36)35-26-27-42-40(29-35)38-20-7-8-21-41(38)49(42)43-22-9-11-24-45(43)53-46-25-12-10-23-44(46)49/h1-31,48,51H,(H2,50,52). The Morgan fingerprint density at radius 3 is 1.85 bits per heavy atom. The fourth-order valence-corrected chi connectivity index (χ4v) is 8.47. The second-order valence-electron chi connectivity index (χ2n) is 13.8. The summed E-state index contributed by atoms with van der Waals surface area (Å²) in [6, 6.07) is 61.6. The van der Waals surface area contributed by atoms with E-state index in [9.17, 15) is 5.41 Å². The zero-order valence-corrected chi connectivity index (χ0v) is 28.9. The lowest BCUT2D eigenvalue weighted by molar-refractivity contribution is 0.436. The van der Waals surface area contributed by atoms with Gasteiger partial charge in [0.25, 0.3) is 0 Å². The number of benzene rings is 7. The van der Waals surface area contributed by atoms with E-state index in [0.717, 1.165) is 61.6 Å². The summed E-state index contributed by atoms with van der Waals surface area (Å²) in [6.07, 6.45) is 3.97. The van der Waals surface area contributed by atoms with E-state index in [1.54, 1.807) is 0 Å². The van der Waals surface area contributed by atoms with Crippen molar-refractivity contribution in [1.29, 1.82) is 5.41 Å². The molecule has 1 aliphatic carbocycles. The molecule has 1 atom stereocenters. The van der Waals surface area contributed by atoms with E-state index in [2.05, 4.69) is 156 Å². The number of allylic oxidation sites excluding steroid dienone is 2. The number of fused-ring (bicyclic) bond motifs is 9. The van der Waals surface area contributed by atoms with Crippen LogP contribution >= 0.6 is 0 Å². The van der Waals surface area contributed by atoms with E-state index in [-0.39, 0.29) is 6.17 Å². The smallest absolute Gasteiger partial charge is 0.132 e. The topological polar surface area (TPSA) is 57.1 Å². The third-order valence-electron chi connectivity index (χ3n) is 10.9. The fourth-order valence-electron chi connectivity index (χ4n) is 8.47. The molecule has 7 aromatic rings. The van der Waals surface area contributed by atoms with E-state index >= 15 is 0 Å². The molecule has 252 valence electrons. The normalized spacial score (nSPS) is 15.7. The highest BCUT2D eigenvalue weighted by molar-refractivity contribution is 6.00. The van der Waals surface area contributed by atoms with Gasteiger partial charge in [-0.2, -0.15) is 0 Å². The Morgan fingerprint density at radius 2 is 1.11 bits per heavy atom. The van der Waals surface area contributed by atoms with Gasteiger partial charge in [0.15, 0.2) is 0 Å². The van der Waals surface area contributed by atoms with Crippen molar-refractivity contribution in [2.75, 3.05) is 0 Å². The summed E-state index contributed by atoms with van der Waals surface area (Å²) >= 11 is 0. The van der Waals surface area contributed by atoms with Crippen molar-refractivity contribution in [2.45, 2.75) is 11.6 Å². The van der Waals surface area contributed by atoms with Crippen LogP contribution in [0.1, 0.15) is 38.9 Å². The molecule has 3 N–H and O–H groups in total. The zero-order valence-electron chi connectivity index (χ0n) is 28.9. The molecule has 4 heteroatoms. The summed E-state index contributed by atoms with van der Waals surface area (Å²) in [5.74, 6) is 2.13. The van der Waals surface area contributed by atoms with Crippen LogP contribution in [0.25, 0.3) is 33.4 Å². The Kier molecular flexibility index (Phi) is 7.22. The predicted molar refractivity (Wildman–Crippen MR) is 215 cm³/mol. The Bertz CT molecular complexity index is 2580. The van der Waals surface area contributed by atoms with Crippen molar-refractivity contribution in [2.24, 2.45) is 0 Å². The number of ether oxygens (including phenoxy) is 1. The zero-order chi connectivity index (χ0) is 35.4. The number of para-hydroxylation sites is 2. The molecule has 53 heavy (non-hydrogen) atoms. The van der Waals surface area contributed by atoms with Crippen LogP contribution in [0.4, 0.5) is 0 Å². The second kappa shape index (κ2) is 12.4. The Morgan fingerprint density at radius 1 is 0.528 bits per heavy atom. The average Bonchev–Trinajstić information content (AvgIpc) is 3.51. The van der Waals surface area contributed by atoms with Gasteiger partial charge in [-0.1, -0.05) is 152 Å². The van der Waals surface area contributed by atoms with Crippen LogP contribution in [0.5, 0.6) is 11.5 Å². The van der Waals surface area contributed by atoms with Gasteiger partial charge in [0.05, 0.1) is 5.41 Å². The largest absolute Gasteiger partial charge is 0.457 e. The van der Waals surface area contributed by atoms with Crippen LogP contribution in [-0.4, -0.2) is 12.0 Å². The third kappa shape index (κ3) is 4.95. The molecule has 1 unspecified atom stereocenters. The quantitative estimate of drug-likeness (QED) is 0.125. The first-order chi connectivity index (χ1) is 26.2. The van der Waals surface area contributed by atoms with Gasteiger partial charge < -0.3 is 15.4 Å². The molecule has 0 fully saturated rings. The van der Waals surface area contributed by atoms with Crippen molar-refractivity contribution in [3.8, 4) is 33.8 Å². The third-order valence-corrected chi connectivity index (χ3v) is 10.9. The average molecular weight is 682 g/mol. The Hall–Kier alpha value is -6.91. The number of rotatable bonds is 5. The summed E-state index contributed by atoms with van der Waals surface area (Å²) in [6.45, 7) is 0. The van der Waals surface area contributed by atoms with E-state index in [4.69, 9.17) is 4.74 Å². The molecule has 2 aliphatic heterocycles. The van der Waals surface area contributed by atoms with Crippen molar-refractivity contribution < 1.29 is 4.74 Å². The molecule has 0 saturated carbocycles. The van der Waals surface area contributed by atoms with E-state index in [0.29, 0.717) is 5.84 Å². The molecular weight excluding hydrogens is 647 g/mol. The maximum absolute atomic E-state index is 9.27. The molecule has 10 rings (SSSR count). The molecule has 0 saturated heterocycles. The molecule has 0 radical (unpaired) electrons. The van der Waals surface area contributed by atoms with Crippen LogP contribution in [0.15, 0.2) is 188 Å². The van der Waals surface area contributed by atoms with E-state index in [1.807, 2.05) is 42.6 Å². The molecule has 7 aromatic carbocycles. The molecule has 3 aliphatic rings. The summed E-state index contributed by atoms with van der Waals surface area (Å²) in [5, 5.41) is 16.3. The van der Waals surface area contributed by atoms with Gasteiger partial charge in [-0.15, -0.1) is 0 Å². The second-order valence-corrected chi connectivity index (χ2v) is 13.8. The minimum Gasteiger partial charge on any atom is -0.457 e. The van der Waals surface area contributed by atoms with Gasteiger partial charge in [0.1, 0.15) is 23.5 Å². The van der Waals surface area contributed by atoms with Gasteiger partial charge in [-0.05, 0) is 80.4 Å². The van der Waals surface area contributed by atoms with E-state index < -0.39 is 5.41 Å². The van der Waals surface area contributed by atoms with E-state index in [1.165, 1.54) is 22.3 Å². The first kappa shape index (κ1) is 30.9. The lowest BCUT2D eigenvalue weighted by atomic mass is 9.66. The lowest BCUT2D eigenvalue weighted by Gasteiger charge is -2.39. The van der Waals surface area contributed by atoms with Gasteiger partial charge >= 0.3 is 0 Å². The van der Waals surface area contributed by atoms with Crippen LogP contribution in [0.3, 0.4) is 0 Å². The predicted octanol–water partition coefficient (Wildman–Crippen LogP) is 10.8. The number of hydrogen-bond donors (Lipinski definition) is 3. The van der Waals surface area contributed by atoms with Crippen molar-refractivity contribution in [1.82, 2.24) is 10.6 Å². The summed E-state index contributed by atoms with van der Waals surface area (Å²) in [7, 11) is 0. The minimum atomic E-state index is -0.490. The highest BCUT2D eigenvalue weighted by Gasteiger charge is 2.50. The maximum Gasteiger partial charge on any atom is 0.132 e. The molecular formula is C49H35N3O. The number of amidine groups is 1. The first-order valence-electron chi connectivity index (χ1n) is 18.0. The summed E-state index contributed by atoms with van der Waals surface area (Å²) < 4.78 is 6.50. The minimum absolute atomic E-state index is 0.279. The number of hydrogen-bond acceptors (Lipinski definition) is 3. The Balaban J connectivity index is 1.01. The van der Waals surface area contributed by atoms with Crippen molar-refractivity contribution in [3.05, 3.63) is 227 Å². The highest BCUT2D eigenvalue weighted by Crippen LogP contribution is 2.62. The molecule has 2 heterocycles. The van der Waals surface area contributed by atoms with Gasteiger partial charge in [-0.3, -0.25) is 5.41 Å². The molecule has 0 amide bonds.